The van der Waals surface area contributed by atoms with Crippen LogP contribution in [0.1, 0.15) is 18.9 Å². The van der Waals surface area contributed by atoms with Crippen molar-refractivity contribution in [3.05, 3.63) is 54.1 Å². The predicted octanol–water partition coefficient (Wildman–Crippen LogP) is 3.87. The van der Waals surface area contributed by atoms with Gasteiger partial charge in [0.25, 0.3) is 0 Å². The summed E-state index contributed by atoms with van der Waals surface area (Å²) in [4.78, 5) is 25.2. The fourth-order valence-electron chi connectivity index (χ4n) is 2.17. The third-order valence-electron chi connectivity index (χ3n) is 3.41. The first kappa shape index (κ1) is 18.0. The molecule has 6 heteroatoms. The monoisotopic (exact) mass is 337 g/mol. The Hall–Kier alpha value is -3.33. The zero-order valence-corrected chi connectivity index (χ0v) is 14.2. The van der Waals surface area contributed by atoms with Gasteiger partial charge in [-0.05, 0) is 36.8 Å². The summed E-state index contributed by atoms with van der Waals surface area (Å²) in [5.74, 6) is 0.156. The lowest BCUT2D eigenvalue weighted by Crippen LogP contribution is -2.34. The van der Waals surface area contributed by atoms with E-state index >= 15 is 0 Å². The van der Waals surface area contributed by atoms with E-state index in [1.54, 1.807) is 43.3 Å². The molecular formula is C19H19N3O3. The molecule has 0 aromatic heterocycles. The minimum Gasteiger partial charge on any atom is -0.410 e. The Morgan fingerprint density at radius 2 is 1.96 bits per heavy atom. The van der Waals surface area contributed by atoms with Crippen molar-refractivity contribution < 1.29 is 14.3 Å². The maximum atomic E-state index is 12.5. The number of hydrogen-bond donors (Lipinski definition) is 1. The molecule has 0 atom stereocenters. The second-order valence-corrected chi connectivity index (χ2v) is 5.38. The molecule has 25 heavy (non-hydrogen) atoms. The number of benzene rings is 2. The number of nitriles is 1. The lowest BCUT2D eigenvalue weighted by Gasteiger charge is -2.19. The van der Waals surface area contributed by atoms with E-state index in [4.69, 9.17) is 10.00 Å². The van der Waals surface area contributed by atoms with Gasteiger partial charge in [-0.25, -0.2) is 4.79 Å². The van der Waals surface area contributed by atoms with Gasteiger partial charge in [-0.1, -0.05) is 25.1 Å². The molecule has 0 heterocycles. The zero-order chi connectivity index (χ0) is 18.2. The van der Waals surface area contributed by atoms with Gasteiger partial charge in [0.05, 0.1) is 6.07 Å². The second kappa shape index (κ2) is 8.50. The molecular weight excluding hydrogens is 318 g/mol. The van der Waals surface area contributed by atoms with Crippen LogP contribution in [0.25, 0.3) is 0 Å². The molecule has 128 valence electrons. The lowest BCUT2D eigenvalue weighted by molar-refractivity contribution is -0.115. The van der Waals surface area contributed by atoms with Crippen LogP contribution in [0.2, 0.25) is 0 Å². The Morgan fingerprint density at radius 1 is 1.20 bits per heavy atom. The lowest BCUT2D eigenvalue weighted by atomic mass is 10.2. The molecule has 0 aliphatic carbocycles. The van der Waals surface area contributed by atoms with E-state index in [0.717, 1.165) is 5.56 Å². The second-order valence-electron chi connectivity index (χ2n) is 5.38. The van der Waals surface area contributed by atoms with Gasteiger partial charge >= 0.3 is 6.09 Å². The van der Waals surface area contributed by atoms with Crippen molar-refractivity contribution in [2.24, 2.45) is 0 Å². The molecule has 0 saturated carbocycles. The smallest absolute Gasteiger partial charge is 0.410 e. The maximum absolute atomic E-state index is 12.5. The molecule has 0 fully saturated rings. The van der Waals surface area contributed by atoms with Crippen LogP contribution < -0.4 is 15.0 Å². The molecule has 0 aliphatic rings. The highest BCUT2D eigenvalue weighted by Crippen LogP contribution is 2.21. The van der Waals surface area contributed by atoms with E-state index in [2.05, 4.69) is 5.32 Å². The number of carbonyl (C=O) groups is 2. The largest absolute Gasteiger partial charge is 0.420 e. The van der Waals surface area contributed by atoms with E-state index in [-0.39, 0.29) is 18.2 Å². The van der Waals surface area contributed by atoms with Crippen LogP contribution in [-0.4, -0.2) is 18.5 Å². The van der Waals surface area contributed by atoms with Gasteiger partial charge in [-0.15, -0.1) is 0 Å². The number of anilines is 2. The molecule has 1 N–H and O–H groups in total. The van der Waals surface area contributed by atoms with Crippen LogP contribution in [-0.2, 0) is 4.79 Å². The highest BCUT2D eigenvalue weighted by molar-refractivity contribution is 5.91. The van der Waals surface area contributed by atoms with Crippen LogP contribution in [0.4, 0.5) is 16.2 Å². The number of carbonyl (C=O) groups excluding carboxylic acids is 2. The molecule has 2 aromatic rings. The van der Waals surface area contributed by atoms with Crippen molar-refractivity contribution >= 4 is 23.4 Å². The van der Waals surface area contributed by atoms with Gasteiger partial charge in [-0.2, -0.15) is 5.26 Å². The summed E-state index contributed by atoms with van der Waals surface area (Å²) in [7, 11) is 0. The third kappa shape index (κ3) is 5.08. The van der Waals surface area contributed by atoms with E-state index in [1.807, 2.05) is 25.1 Å². The summed E-state index contributed by atoms with van der Waals surface area (Å²) < 4.78 is 5.36. The van der Waals surface area contributed by atoms with Crippen LogP contribution in [0, 0.1) is 18.3 Å². The van der Waals surface area contributed by atoms with Crippen LogP contribution >= 0.6 is 0 Å². The van der Waals surface area contributed by atoms with Crippen molar-refractivity contribution in [2.45, 2.75) is 20.3 Å². The van der Waals surface area contributed by atoms with E-state index in [1.165, 1.54) is 4.90 Å². The molecule has 0 unspecified atom stereocenters. The quantitative estimate of drug-likeness (QED) is 0.840. The molecule has 0 spiro atoms. The molecule has 0 saturated heterocycles. The third-order valence-corrected chi connectivity index (χ3v) is 3.41. The van der Waals surface area contributed by atoms with Crippen molar-refractivity contribution in [2.75, 3.05) is 16.8 Å². The maximum Gasteiger partial charge on any atom is 0.420 e. The number of nitrogens with one attached hydrogen (secondary N) is 1. The Morgan fingerprint density at radius 3 is 2.64 bits per heavy atom. The van der Waals surface area contributed by atoms with E-state index in [9.17, 15) is 9.59 Å². The minimum atomic E-state index is -0.661. The minimum absolute atomic E-state index is 0.130. The molecule has 2 aromatic carbocycles. The standard InChI is InChI=1S/C19H19N3O3/c1-3-18(23)21-15-7-5-9-17(13-15)25-19(24)22(11-10-20)16-8-4-6-14(2)12-16/h4-9,12-13H,3,11H2,1-2H3,(H,21,23). The first-order valence-electron chi connectivity index (χ1n) is 7.86. The van der Waals surface area contributed by atoms with Gasteiger partial charge in [0.1, 0.15) is 12.3 Å². The number of hydrogen-bond acceptors (Lipinski definition) is 4. The molecule has 2 rings (SSSR count). The number of amides is 2. The van der Waals surface area contributed by atoms with E-state index in [0.29, 0.717) is 17.8 Å². The fraction of sp³-hybridized carbons (Fsp3) is 0.211. The first-order chi connectivity index (χ1) is 12.0. The number of aryl methyl sites for hydroxylation is 1. The Kier molecular flexibility index (Phi) is 6.13. The predicted molar refractivity (Wildman–Crippen MR) is 95.5 cm³/mol. The number of nitrogens with zero attached hydrogens (tertiary/aromatic N) is 2. The summed E-state index contributed by atoms with van der Waals surface area (Å²) in [5.41, 5.74) is 2.10. The van der Waals surface area contributed by atoms with Crippen molar-refractivity contribution in [3.8, 4) is 11.8 Å². The van der Waals surface area contributed by atoms with Gasteiger partial charge in [0, 0.05) is 23.9 Å². The van der Waals surface area contributed by atoms with Crippen LogP contribution in [0.5, 0.6) is 5.75 Å². The zero-order valence-electron chi connectivity index (χ0n) is 14.2. The summed E-state index contributed by atoms with van der Waals surface area (Å²) in [5, 5.41) is 11.7. The van der Waals surface area contributed by atoms with Gasteiger partial charge < -0.3 is 10.1 Å². The average Bonchev–Trinajstić information content (AvgIpc) is 2.59. The topological polar surface area (TPSA) is 82.4 Å². The van der Waals surface area contributed by atoms with E-state index < -0.39 is 6.09 Å². The average molecular weight is 337 g/mol. The Labute approximate surface area is 146 Å². The Bertz CT molecular complexity index is 812. The van der Waals surface area contributed by atoms with Crippen LogP contribution in [0.3, 0.4) is 0 Å². The molecule has 0 bridgehead atoms. The number of ether oxygens (including phenoxy) is 1. The van der Waals surface area contributed by atoms with Gasteiger partial charge in [0.15, 0.2) is 0 Å². The van der Waals surface area contributed by atoms with Crippen LogP contribution in [0.15, 0.2) is 48.5 Å². The van der Waals surface area contributed by atoms with Crippen molar-refractivity contribution in [1.29, 1.82) is 5.26 Å². The highest BCUT2D eigenvalue weighted by Gasteiger charge is 2.18. The SMILES string of the molecule is CCC(=O)Nc1cccc(OC(=O)N(CC#N)c2cccc(C)c2)c1. The Balaban J connectivity index is 2.17. The molecule has 0 radical (unpaired) electrons. The summed E-state index contributed by atoms with van der Waals surface area (Å²) in [6.45, 7) is 3.52. The normalized spacial score (nSPS) is 9.80. The molecule has 6 nitrogen and oxygen atoms in total. The fourth-order valence-corrected chi connectivity index (χ4v) is 2.17. The van der Waals surface area contributed by atoms with Gasteiger partial charge in [0.2, 0.25) is 5.91 Å². The summed E-state index contributed by atoms with van der Waals surface area (Å²) in [6.07, 6.45) is -0.307. The number of rotatable bonds is 5. The summed E-state index contributed by atoms with van der Waals surface area (Å²) >= 11 is 0. The van der Waals surface area contributed by atoms with Crippen molar-refractivity contribution in [1.82, 2.24) is 0 Å². The first-order valence-corrected chi connectivity index (χ1v) is 7.86. The molecule has 2 amide bonds. The van der Waals surface area contributed by atoms with Crippen molar-refractivity contribution in [3.63, 3.8) is 0 Å². The van der Waals surface area contributed by atoms with Gasteiger partial charge in [-0.3, -0.25) is 9.69 Å². The summed E-state index contributed by atoms with van der Waals surface area (Å²) in [6, 6.07) is 15.8. The highest BCUT2D eigenvalue weighted by atomic mass is 16.6. The molecule has 0 aliphatic heterocycles.